The molecule has 0 aliphatic rings. The molecule has 0 aliphatic carbocycles. The van der Waals surface area contributed by atoms with Gasteiger partial charge in [0.15, 0.2) is 6.61 Å². The Labute approximate surface area is 136 Å². The topological polar surface area (TPSA) is 71.7 Å². The number of carbonyl (C=O) groups is 1. The standard InChI is InChI=1S/C18H23NO4/c1-12(2)14-5-7-15(8-6-14)22-11-18(21)19-10-16(20)17-9-4-13(3)23-17/h4-9,12,16,20H,10-11H2,1-3H3,(H,19,21). The first-order valence-electron chi connectivity index (χ1n) is 7.69. The molecule has 5 nitrogen and oxygen atoms in total. The maximum atomic E-state index is 11.8. The van der Waals surface area contributed by atoms with Gasteiger partial charge >= 0.3 is 0 Å². The number of ether oxygens (including phenoxy) is 1. The number of rotatable bonds is 7. The summed E-state index contributed by atoms with van der Waals surface area (Å²) in [5.41, 5.74) is 1.22. The van der Waals surface area contributed by atoms with E-state index < -0.39 is 6.10 Å². The van der Waals surface area contributed by atoms with E-state index >= 15 is 0 Å². The molecule has 1 aromatic carbocycles. The van der Waals surface area contributed by atoms with E-state index in [1.807, 2.05) is 24.3 Å². The van der Waals surface area contributed by atoms with Crippen molar-refractivity contribution in [1.82, 2.24) is 5.32 Å². The average molecular weight is 317 g/mol. The molecular formula is C18H23NO4. The Kier molecular flexibility index (Phi) is 5.82. The molecule has 0 saturated heterocycles. The van der Waals surface area contributed by atoms with Gasteiger partial charge in [0.25, 0.3) is 5.91 Å². The monoisotopic (exact) mass is 317 g/mol. The van der Waals surface area contributed by atoms with Gasteiger partial charge in [0.1, 0.15) is 23.4 Å². The van der Waals surface area contributed by atoms with Crippen LogP contribution in [-0.4, -0.2) is 24.2 Å². The van der Waals surface area contributed by atoms with Crippen molar-refractivity contribution in [2.24, 2.45) is 0 Å². The van der Waals surface area contributed by atoms with E-state index in [1.54, 1.807) is 19.1 Å². The van der Waals surface area contributed by atoms with Crippen LogP contribution in [0.3, 0.4) is 0 Å². The highest BCUT2D eigenvalue weighted by Crippen LogP contribution is 2.18. The van der Waals surface area contributed by atoms with Crippen LogP contribution in [0.15, 0.2) is 40.8 Å². The quantitative estimate of drug-likeness (QED) is 0.823. The number of aliphatic hydroxyl groups is 1. The lowest BCUT2D eigenvalue weighted by Gasteiger charge is -2.11. The van der Waals surface area contributed by atoms with Crippen LogP contribution in [0.2, 0.25) is 0 Å². The third-order valence-corrected chi connectivity index (χ3v) is 3.50. The minimum atomic E-state index is -0.863. The molecule has 1 unspecified atom stereocenters. The highest BCUT2D eigenvalue weighted by molar-refractivity contribution is 5.77. The van der Waals surface area contributed by atoms with E-state index in [-0.39, 0.29) is 19.1 Å². The summed E-state index contributed by atoms with van der Waals surface area (Å²) in [6.07, 6.45) is -0.863. The van der Waals surface area contributed by atoms with Gasteiger partial charge in [-0.05, 0) is 42.7 Å². The maximum absolute atomic E-state index is 11.8. The zero-order chi connectivity index (χ0) is 16.8. The van der Waals surface area contributed by atoms with E-state index in [0.717, 1.165) is 5.76 Å². The van der Waals surface area contributed by atoms with Gasteiger partial charge in [0.05, 0.1) is 6.54 Å². The van der Waals surface area contributed by atoms with Crippen LogP contribution in [0.5, 0.6) is 5.75 Å². The second kappa shape index (κ2) is 7.83. The number of hydrogen-bond acceptors (Lipinski definition) is 4. The molecule has 5 heteroatoms. The van der Waals surface area contributed by atoms with E-state index in [9.17, 15) is 9.90 Å². The first-order valence-corrected chi connectivity index (χ1v) is 7.69. The summed E-state index contributed by atoms with van der Waals surface area (Å²) < 4.78 is 10.7. The molecule has 0 fully saturated rings. The molecule has 1 amide bonds. The second-order valence-electron chi connectivity index (χ2n) is 5.78. The summed E-state index contributed by atoms with van der Waals surface area (Å²) in [4.78, 5) is 11.8. The Morgan fingerprint density at radius 3 is 2.48 bits per heavy atom. The molecular weight excluding hydrogens is 294 g/mol. The van der Waals surface area contributed by atoms with Gasteiger partial charge in [-0.1, -0.05) is 26.0 Å². The molecule has 2 N–H and O–H groups in total. The lowest BCUT2D eigenvalue weighted by molar-refractivity contribution is -0.123. The number of aryl methyl sites for hydroxylation is 1. The number of amides is 1. The summed E-state index contributed by atoms with van der Waals surface area (Å²) in [7, 11) is 0. The molecule has 1 heterocycles. The van der Waals surface area contributed by atoms with Crippen molar-refractivity contribution in [3.63, 3.8) is 0 Å². The molecule has 1 atom stereocenters. The Morgan fingerprint density at radius 1 is 1.22 bits per heavy atom. The maximum Gasteiger partial charge on any atom is 0.258 e. The third kappa shape index (κ3) is 5.14. The molecule has 0 saturated carbocycles. The Balaban J connectivity index is 1.74. The average Bonchev–Trinajstić information content (AvgIpc) is 2.97. The number of carbonyl (C=O) groups excluding carboxylic acids is 1. The number of aliphatic hydroxyl groups excluding tert-OH is 1. The van der Waals surface area contributed by atoms with Crippen molar-refractivity contribution in [3.8, 4) is 5.75 Å². The summed E-state index contributed by atoms with van der Waals surface area (Å²) in [6.45, 7) is 6.03. The van der Waals surface area contributed by atoms with E-state index in [0.29, 0.717) is 17.4 Å². The van der Waals surface area contributed by atoms with Crippen LogP contribution < -0.4 is 10.1 Å². The molecule has 23 heavy (non-hydrogen) atoms. The van der Waals surface area contributed by atoms with Gasteiger partial charge in [-0.15, -0.1) is 0 Å². The summed E-state index contributed by atoms with van der Waals surface area (Å²) in [5, 5.41) is 12.5. The van der Waals surface area contributed by atoms with Gasteiger partial charge in [0.2, 0.25) is 0 Å². The predicted molar refractivity (Wildman–Crippen MR) is 87.4 cm³/mol. The fraction of sp³-hybridized carbons (Fsp3) is 0.389. The van der Waals surface area contributed by atoms with Crippen LogP contribution in [0.25, 0.3) is 0 Å². The lowest BCUT2D eigenvalue weighted by atomic mass is 10.0. The first kappa shape index (κ1) is 17.1. The number of nitrogens with one attached hydrogen (secondary N) is 1. The van der Waals surface area contributed by atoms with Crippen molar-refractivity contribution in [2.75, 3.05) is 13.2 Å². The van der Waals surface area contributed by atoms with Gasteiger partial charge in [-0.25, -0.2) is 0 Å². The smallest absolute Gasteiger partial charge is 0.258 e. The van der Waals surface area contributed by atoms with Crippen molar-refractivity contribution in [2.45, 2.75) is 32.8 Å². The Hall–Kier alpha value is -2.27. The van der Waals surface area contributed by atoms with Crippen LogP contribution in [0.4, 0.5) is 0 Å². The molecule has 124 valence electrons. The lowest BCUT2D eigenvalue weighted by Crippen LogP contribution is -2.32. The molecule has 0 aliphatic heterocycles. The normalized spacial score (nSPS) is 12.2. The van der Waals surface area contributed by atoms with Gasteiger partial charge in [-0.3, -0.25) is 4.79 Å². The van der Waals surface area contributed by atoms with Gasteiger partial charge < -0.3 is 19.6 Å². The Morgan fingerprint density at radius 2 is 1.91 bits per heavy atom. The first-order chi connectivity index (χ1) is 11.0. The van der Waals surface area contributed by atoms with Crippen LogP contribution >= 0.6 is 0 Å². The summed E-state index contributed by atoms with van der Waals surface area (Å²) in [6, 6.07) is 11.1. The van der Waals surface area contributed by atoms with Crippen LogP contribution in [0, 0.1) is 6.92 Å². The largest absolute Gasteiger partial charge is 0.484 e. The predicted octanol–water partition coefficient (Wildman–Crippen LogP) is 2.94. The van der Waals surface area contributed by atoms with E-state index in [2.05, 4.69) is 19.2 Å². The zero-order valence-electron chi connectivity index (χ0n) is 13.7. The van der Waals surface area contributed by atoms with E-state index in [4.69, 9.17) is 9.15 Å². The van der Waals surface area contributed by atoms with Gasteiger partial charge in [-0.2, -0.15) is 0 Å². The molecule has 2 rings (SSSR count). The van der Waals surface area contributed by atoms with Crippen molar-refractivity contribution < 1.29 is 19.1 Å². The van der Waals surface area contributed by atoms with Crippen LogP contribution in [-0.2, 0) is 4.79 Å². The minimum absolute atomic E-state index is 0.0848. The van der Waals surface area contributed by atoms with Crippen molar-refractivity contribution in [1.29, 1.82) is 0 Å². The number of benzene rings is 1. The fourth-order valence-electron chi connectivity index (χ4n) is 2.09. The number of hydrogen-bond donors (Lipinski definition) is 2. The summed E-state index contributed by atoms with van der Waals surface area (Å²) >= 11 is 0. The van der Waals surface area contributed by atoms with Crippen molar-refractivity contribution in [3.05, 3.63) is 53.5 Å². The van der Waals surface area contributed by atoms with Gasteiger partial charge in [0, 0.05) is 0 Å². The minimum Gasteiger partial charge on any atom is -0.484 e. The fourth-order valence-corrected chi connectivity index (χ4v) is 2.09. The molecule has 2 aromatic rings. The third-order valence-electron chi connectivity index (χ3n) is 3.50. The SMILES string of the molecule is Cc1ccc(C(O)CNC(=O)COc2ccc(C(C)C)cc2)o1. The second-order valence-corrected chi connectivity index (χ2v) is 5.78. The van der Waals surface area contributed by atoms with Crippen LogP contribution in [0.1, 0.15) is 43.0 Å². The Bertz CT molecular complexity index is 631. The van der Waals surface area contributed by atoms with Crippen molar-refractivity contribution >= 4 is 5.91 Å². The van der Waals surface area contributed by atoms with E-state index in [1.165, 1.54) is 5.56 Å². The number of furan rings is 1. The highest BCUT2D eigenvalue weighted by Gasteiger charge is 2.13. The molecule has 0 radical (unpaired) electrons. The summed E-state index contributed by atoms with van der Waals surface area (Å²) in [5.74, 6) is 1.97. The zero-order valence-corrected chi connectivity index (χ0v) is 13.7. The highest BCUT2D eigenvalue weighted by atomic mass is 16.5. The molecule has 0 bridgehead atoms. The molecule has 0 spiro atoms. The molecule has 1 aromatic heterocycles.